The average Bonchev–Trinajstić information content (AvgIpc) is 2.73. The molecule has 0 radical (unpaired) electrons. The minimum Gasteiger partial charge on any atom is -0.271 e. The van der Waals surface area contributed by atoms with Crippen LogP contribution >= 0.6 is 0 Å². The third kappa shape index (κ3) is 2.32. The highest BCUT2D eigenvalue weighted by Gasteiger charge is 2.45. The number of likely N-dealkylation sites (N-methyl/N-ethyl adjacent to an activating group) is 1. The summed E-state index contributed by atoms with van der Waals surface area (Å²) in [6.07, 6.45) is 0. The summed E-state index contributed by atoms with van der Waals surface area (Å²) in [6, 6.07) is 10.7. The number of amides is 1. The number of hydrogen-bond donors (Lipinski definition) is 0. The first-order valence-electron chi connectivity index (χ1n) is 6.49. The molecule has 0 spiro atoms. The number of rotatable bonds is 2. The molecular weight excluding hydrogens is 310 g/mol. The summed E-state index contributed by atoms with van der Waals surface area (Å²) < 4.78 is 41.8. The average molecular weight is 322 g/mol. The highest BCUT2D eigenvalue weighted by atomic mass is 32.2. The maximum Gasteiger partial charge on any atom is 0.262 e. The van der Waals surface area contributed by atoms with Crippen LogP contribution in [0.1, 0.15) is 11.6 Å². The molecule has 2 atom stereocenters. The van der Waals surface area contributed by atoms with E-state index < -0.39 is 34.8 Å². The van der Waals surface area contributed by atoms with Gasteiger partial charge in [-0.05, 0) is 17.7 Å². The Morgan fingerprint density at radius 1 is 1.09 bits per heavy atom. The van der Waals surface area contributed by atoms with Crippen LogP contribution in [0.2, 0.25) is 0 Å². The molecule has 2 aromatic carbocycles. The predicted molar refractivity (Wildman–Crippen MR) is 78.9 cm³/mol. The topological polar surface area (TPSA) is 40.6 Å². The van der Waals surface area contributed by atoms with E-state index in [1.807, 2.05) is 0 Å². The Kier molecular flexibility index (Phi) is 3.76. The van der Waals surface area contributed by atoms with E-state index in [1.54, 1.807) is 30.3 Å². The highest BCUT2D eigenvalue weighted by molar-refractivity contribution is 7.85. The zero-order chi connectivity index (χ0) is 15.9. The number of halogens is 2. The standard InChI is InChI=1S/C15H12F2N2O2S/c1-18-14(10-5-3-2-4-6-10)15(20)19(22(18)21)13-9-11(16)7-8-12(13)17/h2-9,14H,1H3. The molecule has 1 heterocycles. The van der Waals surface area contributed by atoms with Crippen molar-refractivity contribution in [2.45, 2.75) is 6.04 Å². The van der Waals surface area contributed by atoms with Crippen molar-refractivity contribution in [3.8, 4) is 0 Å². The molecule has 0 N–H and O–H groups in total. The van der Waals surface area contributed by atoms with Gasteiger partial charge >= 0.3 is 0 Å². The summed E-state index contributed by atoms with van der Waals surface area (Å²) >= 11 is -1.93. The Labute approximate surface area is 128 Å². The number of anilines is 1. The van der Waals surface area contributed by atoms with Crippen LogP contribution in [0, 0.1) is 11.6 Å². The molecule has 2 unspecified atom stereocenters. The van der Waals surface area contributed by atoms with E-state index in [9.17, 15) is 17.8 Å². The van der Waals surface area contributed by atoms with Crippen LogP contribution in [0.15, 0.2) is 48.5 Å². The summed E-state index contributed by atoms with van der Waals surface area (Å²) in [6.45, 7) is 0. The second-order valence-electron chi connectivity index (χ2n) is 4.82. The van der Waals surface area contributed by atoms with Gasteiger partial charge in [0, 0.05) is 13.1 Å². The molecule has 114 valence electrons. The first-order chi connectivity index (χ1) is 10.5. The van der Waals surface area contributed by atoms with Gasteiger partial charge in [-0.3, -0.25) is 4.79 Å². The summed E-state index contributed by atoms with van der Waals surface area (Å²) in [5.41, 5.74) is 0.316. The van der Waals surface area contributed by atoms with Gasteiger partial charge in [0.15, 0.2) is 0 Å². The maximum atomic E-state index is 13.9. The number of carbonyl (C=O) groups excluding carboxylic acids is 1. The lowest BCUT2D eigenvalue weighted by Gasteiger charge is -2.14. The van der Waals surface area contributed by atoms with Crippen molar-refractivity contribution in [1.82, 2.24) is 4.31 Å². The van der Waals surface area contributed by atoms with Crippen LogP contribution in [0.5, 0.6) is 0 Å². The molecule has 7 heteroatoms. The van der Waals surface area contributed by atoms with Gasteiger partial charge in [0.25, 0.3) is 5.91 Å². The van der Waals surface area contributed by atoms with Crippen molar-refractivity contribution in [3.05, 3.63) is 65.7 Å². The van der Waals surface area contributed by atoms with Crippen LogP contribution in [-0.2, 0) is 16.0 Å². The fourth-order valence-corrected chi connectivity index (χ4v) is 3.61. The largest absolute Gasteiger partial charge is 0.271 e. The second kappa shape index (κ2) is 5.58. The van der Waals surface area contributed by atoms with Gasteiger partial charge in [-0.15, -0.1) is 0 Å². The monoisotopic (exact) mass is 322 g/mol. The number of carbonyl (C=O) groups is 1. The smallest absolute Gasteiger partial charge is 0.262 e. The van der Waals surface area contributed by atoms with Crippen molar-refractivity contribution in [1.29, 1.82) is 0 Å². The van der Waals surface area contributed by atoms with Gasteiger partial charge in [0.2, 0.25) is 11.2 Å². The van der Waals surface area contributed by atoms with Crippen LogP contribution < -0.4 is 4.31 Å². The third-order valence-corrected chi connectivity index (χ3v) is 4.84. The first kappa shape index (κ1) is 14.8. The van der Waals surface area contributed by atoms with Gasteiger partial charge < -0.3 is 0 Å². The lowest BCUT2D eigenvalue weighted by molar-refractivity contribution is -0.119. The SMILES string of the molecule is CN1C(c2ccccc2)C(=O)N(c2cc(F)ccc2F)S1=O. The van der Waals surface area contributed by atoms with Crippen LogP contribution in [0.25, 0.3) is 0 Å². The summed E-state index contributed by atoms with van der Waals surface area (Å²) in [7, 11) is 1.50. The first-order valence-corrected chi connectivity index (χ1v) is 7.56. The van der Waals surface area contributed by atoms with E-state index in [0.717, 1.165) is 22.5 Å². The summed E-state index contributed by atoms with van der Waals surface area (Å²) in [5, 5.41) is 0. The van der Waals surface area contributed by atoms with Crippen molar-refractivity contribution < 1.29 is 17.8 Å². The van der Waals surface area contributed by atoms with E-state index in [4.69, 9.17) is 0 Å². The Bertz CT molecular complexity index is 754. The molecule has 1 amide bonds. The maximum absolute atomic E-state index is 13.9. The van der Waals surface area contributed by atoms with E-state index in [0.29, 0.717) is 5.56 Å². The van der Waals surface area contributed by atoms with Crippen LogP contribution in [0.3, 0.4) is 0 Å². The fraction of sp³-hybridized carbons (Fsp3) is 0.133. The molecule has 22 heavy (non-hydrogen) atoms. The van der Waals surface area contributed by atoms with Crippen LogP contribution in [0.4, 0.5) is 14.5 Å². The fourth-order valence-electron chi connectivity index (χ4n) is 2.39. The van der Waals surface area contributed by atoms with Gasteiger partial charge in [0.1, 0.15) is 17.7 Å². The second-order valence-corrected chi connectivity index (χ2v) is 6.22. The molecule has 4 nitrogen and oxygen atoms in total. The van der Waals surface area contributed by atoms with Gasteiger partial charge in [0.05, 0.1) is 5.69 Å². The molecule has 1 fully saturated rings. The van der Waals surface area contributed by atoms with E-state index in [2.05, 4.69) is 0 Å². The van der Waals surface area contributed by atoms with E-state index in [1.165, 1.54) is 11.4 Å². The minimum absolute atomic E-state index is 0.325. The molecule has 1 aliphatic rings. The molecular formula is C15H12F2N2O2S. The van der Waals surface area contributed by atoms with E-state index >= 15 is 0 Å². The summed E-state index contributed by atoms with van der Waals surface area (Å²) in [5.74, 6) is -2.06. The minimum atomic E-state index is -1.93. The van der Waals surface area contributed by atoms with Crippen molar-refractivity contribution in [2.24, 2.45) is 0 Å². The number of hydrogen-bond acceptors (Lipinski definition) is 2. The Morgan fingerprint density at radius 3 is 2.45 bits per heavy atom. The Hall–Kier alpha value is -2.12. The normalized spacial score (nSPS) is 22.3. The molecule has 1 saturated heterocycles. The Balaban J connectivity index is 2.06. The molecule has 3 rings (SSSR count). The molecule has 0 aromatic heterocycles. The Morgan fingerprint density at radius 2 is 1.77 bits per heavy atom. The quantitative estimate of drug-likeness (QED) is 0.852. The summed E-state index contributed by atoms with van der Waals surface area (Å²) in [4.78, 5) is 12.6. The molecule has 0 bridgehead atoms. The van der Waals surface area contributed by atoms with E-state index in [-0.39, 0.29) is 5.69 Å². The lowest BCUT2D eigenvalue weighted by atomic mass is 10.1. The number of benzene rings is 2. The van der Waals surface area contributed by atoms with Gasteiger partial charge in [-0.25, -0.2) is 17.3 Å². The molecule has 0 aliphatic carbocycles. The van der Waals surface area contributed by atoms with Crippen LogP contribution in [-0.4, -0.2) is 21.5 Å². The van der Waals surface area contributed by atoms with Crippen molar-refractivity contribution in [2.75, 3.05) is 11.4 Å². The highest BCUT2D eigenvalue weighted by Crippen LogP contribution is 2.36. The number of nitrogens with zero attached hydrogens (tertiary/aromatic N) is 2. The third-order valence-electron chi connectivity index (χ3n) is 3.44. The molecule has 1 aliphatic heterocycles. The van der Waals surface area contributed by atoms with Gasteiger partial charge in [-0.1, -0.05) is 30.3 Å². The van der Waals surface area contributed by atoms with Crippen molar-refractivity contribution >= 4 is 22.8 Å². The lowest BCUT2D eigenvalue weighted by Crippen LogP contribution is -2.28. The van der Waals surface area contributed by atoms with Gasteiger partial charge in [-0.2, -0.15) is 4.31 Å². The predicted octanol–water partition coefficient (Wildman–Crippen LogP) is 2.56. The zero-order valence-corrected chi connectivity index (χ0v) is 12.4. The van der Waals surface area contributed by atoms with Crippen molar-refractivity contribution in [3.63, 3.8) is 0 Å². The molecule has 2 aromatic rings. The zero-order valence-electron chi connectivity index (χ0n) is 11.6. The molecule has 0 saturated carbocycles.